The fourth-order valence-electron chi connectivity index (χ4n) is 2.50. The first-order valence-corrected chi connectivity index (χ1v) is 8.17. The summed E-state index contributed by atoms with van der Waals surface area (Å²) in [6.07, 6.45) is 0. The Balaban J connectivity index is 1.70. The average molecular weight is 371 g/mol. The Morgan fingerprint density at radius 1 is 1.26 bits per heavy atom. The number of rotatable bonds is 6. The molecule has 1 amide bonds. The van der Waals surface area contributed by atoms with Gasteiger partial charge in [-0.3, -0.25) is 4.79 Å². The highest BCUT2D eigenvalue weighted by molar-refractivity contribution is 5.75. The fraction of sp³-hybridized carbons (Fsp3) is 0.211. The summed E-state index contributed by atoms with van der Waals surface area (Å²) in [7, 11) is 3.21. The van der Waals surface area contributed by atoms with Crippen molar-refractivity contribution in [2.75, 3.05) is 14.2 Å². The van der Waals surface area contributed by atoms with Crippen molar-refractivity contribution in [3.63, 3.8) is 0 Å². The molecule has 0 aliphatic heterocycles. The van der Waals surface area contributed by atoms with Gasteiger partial charge in [-0.15, -0.1) is 5.10 Å². The van der Waals surface area contributed by atoms with Crippen LogP contribution in [0, 0.1) is 5.82 Å². The summed E-state index contributed by atoms with van der Waals surface area (Å²) in [6, 6.07) is 12.7. The van der Waals surface area contributed by atoms with Crippen LogP contribution in [0.1, 0.15) is 5.56 Å². The van der Waals surface area contributed by atoms with Crippen molar-refractivity contribution < 1.29 is 18.3 Å². The summed E-state index contributed by atoms with van der Waals surface area (Å²) in [5.74, 6) is -0.737. The SMILES string of the molecule is COc1cccc(CN(C)C(=O)Cn2nc(-c3ccc(F)cc3)oc2=O)c1. The molecule has 0 fully saturated rings. The first kappa shape index (κ1) is 18.4. The lowest BCUT2D eigenvalue weighted by atomic mass is 10.2. The first-order valence-electron chi connectivity index (χ1n) is 8.17. The van der Waals surface area contributed by atoms with E-state index in [2.05, 4.69) is 5.10 Å². The van der Waals surface area contributed by atoms with E-state index in [1.807, 2.05) is 24.3 Å². The largest absolute Gasteiger partial charge is 0.497 e. The molecule has 0 saturated carbocycles. The minimum absolute atomic E-state index is 0.0308. The summed E-state index contributed by atoms with van der Waals surface area (Å²) in [6.45, 7) is 0.0947. The highest BCUT2D eigenvalue weighted by Crippen LogP contribution is 2.16. The van der Waals surface area contributed by atoms with Crippen LogP contribution < -0.4 is 10.5 Å². The summed E-state index contributed by atoms with van der Waals surface area (Å²) in [4.78, 5) is 25.8. The van der Waals surface area contributed by atoms with E-state index in [4.69, 9.17) is 9.15 Å². The quantitative estimate of drug-likeness (QED) is 0.665. The van der Waals surface area contributed by atoms with Gasteiger partial charge in [-0.2, -0.15) is 4.68 Å². The molecule has 3 aromatic rings. The lowest BCUT2D eigenvalue weighted by molar-refractivity contribution is -0.131. The molecule has 0 atom stereocenters. The number of halogens is 1. The monoisotopic (exact) mass is 371 g/mol. The van der Waals surface area contributed by atoms with Gasteiger partial charge in [0.15, 0.2) is 0 Å². The smallest absolute Gasteiger partial charge is 0.437 e. The lowest BCUT2D eigenvalue weighted by Crippen LogP contribution is -2.33. The predicted molar refractivity (Wildman–Crippen MR) is 95.6 cm³/mol. The van der Waals surface area contributed by atoms with Gasteiger partial charge in [0.05, 0.1) is 7.11 Å². The molecule has 0 unspecified atom stereocenters. The van der Waals surface area contributed by atoms with Crippen LogP contribution in [0.15, 0.2) is 57.7 Å². The molecule has 27 heavy (non-hydrogen) atoms. The van der Waals surface area contributed by atoms with Gasteiger partial charge in [-0.25, -0.2) is 9.18 Å². The highest BCUT2D eigenvalue weighted by atomic mass is 19.1. The second-order valence-electron chi connectivity index (χ2n) is 5.94. The number of nitrogens with zero attached hydrogens (tertiary/aromatic N) is 3. The predicted octanol–water partition coefficient (Wildman–Crippen LogP) is 2.31. The Hall–Kier alpha value is -3.42. The minimum atomic E-state index is -0.752. The summed E-state index contributed by atoms with van der Waals surface area (Å²) in [5.41, 5.74) is 1.34. The van der Waals surface area contributed by atoms with Gasteiger partial charge >= 0.3 is 5.76 Å². The molecule has 0 aliphatic rings. The molecule has 0 saturated heterocycles. The number of benzene rings is 2. The van der Waals surface area contributed by atoms with Crippen molar-refractivity contribution in [1.82, 2.24) is 14.7 Å². The van der Waals surface area contributed by atoms with Gasteiger partial charge < -0.3 is 14.1 Å². The second-order valence-corrected chi connectivity index (χ2v) is 5.94. The number of hydrogen-bond acceptors (Lipinski definition) is 5. The summed E-state index contributed by atoms with van der Waals surface area (Å²) < 4.78 is 24.2. The van der Waals surface area contributed by atoms with E-state index in [-0.39, 0.29) is 18.3 Å². The topological polar surface area (TPSA) is 77.6 Å². The van der Waals surface area contributed by atoms with Crippen LogP contribution in [0.3, 0.4) is 0 Å². The molecule has 0 bridgehead atoms. The molecule has 1 aromatic heterocycles. The number of amides is 1. The van der Waals surface area contributed by atoms with Gasteiger partial charge in [0.2, 0.25) is 11.8 Å². The fourth-order valence-corrected chi connectivity index (χ4v) is 2.50. The third kappa shape index (κ3) is 4.41. The van der Waals surface area contributed by atoms with Gasteiger partial charge in [0.25, 0.3) is 0 Å². The van der Waals surface area contributed by atoms with Crippen molar-refractivity contribution in [2.45, 2.75) is 13.1 Å². The maximum atomic E-state index is 13.0. The molecular formula is C19H18FN3O4. The summed E-state index contributed by atoms with van der Waals surface area (Å²) >= 11 is 0. The van der Waals surface area contributed by atoms with E-state index in [9.17, 15) is 14.0 Å². The molecule has 2 aromatic carbocycles. The van der Waals surface area contributed by atoms with Crippen molar-refractivity contribution in [1.29, 1.82) is 0 Å². The first-order chi connectivity index (χ1) is 13.0. The molecule has 0 spiro atoms. The number of likely N-dealkylation sites (N-methyl/N-ethyl adjacent to an activating group) is 1. The molecule has 140 valence electrons. The van der Waals surface area contributed by atoms with Gasteiger partial charge in [-0.1, -0.05) is 12.1 Å². The standard InChI is InChI=1S/C19H18FN3O4/c1-22(11-13-4-3-5-16(10-13)26-2)17(24)12-23-19(25)27-18(21-23)14-6-8-15(20)9-7-14/h3-10H,11-12H2,1-2H3. The van der Waals surface area contributed by atoms with E-state index < -0.39 is 11.6 Å². The average Bonchev–Trinajstić information content (AvgIpc) is 3.02. The molecule has 8 heteroatoms. The zero-order valence-corrected chi connectivity index (χ0v) is 14.9. The number of ether oxygens (including phenoxy) is 1. The number of methoxy groups -OCH3 is 1. The van der Waals surface area contributed by atoms with Crippen LogP contribution in [0.2, 0.25) is 0 Å². The number of aromatic nitrogens is 2. The van der Waals surface area contributed by atoms with Crippen molar-refractivity contribution in [3.05, 3.63) is 70.5 Å². The van der Waals surface area contributed by atoms with Crippen molar-refractivity contribution >= 4 is 5.91 Å². The molecule has 3 rings (SSSR count). The number of hydrogen-bond donors (Lipinski definition) is 0. The Morgan fingerprint density at radius 2 is 2.00 bits per heavy atom. The molecule has 1 heterocycles. The summed E-state index contributed by atoms with van der Waals surface area (Å²) in [5, 5.41) is 4.01. The van der Waals surface area contributed by atoms with Gasteiger partial charge in [-0.05, 0) is 42.0 Å². The molecule has 0 aliphatic carbocycles. The van der Waals surface area contributed by atoms with E-state index in [0.29, 0.717) is 17.9 Å². The number of carbonyl (C=O) groups excluding carboxylic acids is 1. The zero-order valence-electron chi connectivity index (χ0n) is 14.9. The van der Waals surface area contributed by atoms with E-state index in [1.54, 1.807) is 14.2 Å². The molecular weight excluding hydrogens is 353 g/mol. The zero-order chi connectivity index (χ0) is 19.4. The Morgan fingerprint density at radius 3 is 2.70 bits per heavy atom. The Labute approximate surface area is 154 Å². The maximum Gasteiger partial charge on any atom is 0.437 e. The van der Waals surface area contributed by atoms with Crippen LogP contribution in [-0.4, -0.2) is 34.7 Å². The van der Waals surface area contributed by atoms with Crippen molar-refractivity contribution in [3.8, 4) is 17.2 Å². The normalized spacial score (nSPS) is 10.6. The highest BCUT2D eigenvalue weighted by Gasteiger charge is 2.16. The Bertz CT molecular complexity index is 995. The lowest BCUT2D eigenvalue weighted by Gasteiger charge is -2.17. The van der Waals surface area contributed by atoms with Gasteiger partial charge in [0, 0.05) is 19.2 Å². The maximum absolute atomic E-state index is 13.0. The Kier molecular flexibility index (Phi) is 5.35. The molecule has 7 nitrogen and oxygen atoms in total. The van der Waals surface area contributed by atoms with Crippen LogP contribution in [0.5, 0.6) is 5.75 Å². The third-order valence-electron chi connectivity index (χ3n) is 3.96. The second kappa shape index (κ2) is 7.86. The van der Waals surface area contributed by atoms with E-state index in [1.165, 1.54) is 29.2 Å². The van der Waals surface area contributed by atoms with Crippen LogP contribution in [0.4, 0.5) is 4.39 Å². The van der Waals surface area contributed by atoms with E-state index >= 15 is 0 Å². The van der Waals surface area contributed by atoms with Crippen LogP contribution in [0.25, 0.3) is 11.5 Å². The van der Waals surface area contributed by atoms with E-state index in [0.717, 1.165) is 10.2 Å². The number of carbonyl (C=O) groups is 1. The molecule has 0 N–H and O–H groups in total. The van der Waals surface area contributed by atoms with Crippen LogP contribution >= 0.6 is 0 Å². The van der Waals surface area contributed by atoms with Crippen LogP contribution in [-0.2, 0) is 17.9 Å². The van der Waals surface area contributed by atoms with Gasteiger partial charge in [0.1, 0.15) is 18.1 Å². The molecule has 0 radical (unpaired) electrons. The minimum Gasteiger partial charge on any atom is -0.497 e. The third-order valence-corrected chi connectivity index (χ3v) is 3.96. The van der Waals surface area contributed by atoms with Crippen molar-refractivity contribution in [2.24, 2.45) is 0 Å².